The predicted octanol–water partition coefficient (Wildman–Crippen LogP) is 4.92. The van der Waals surface area contributed by atoms with Crippen LogP contribution in [0.2, 0.25) is 0 Å². The zero-order chi connectivity index (χ0) is 27.5. The van der Waals surface area contributed by atoms with Crippen LogP contribution in [0.3, 0.4) is 0 Å². The summed E-state index contributed by atoms with van der Waals surface area (Å²) in [5.74, 6) is -0.658. The molecule has 0 aliphatic carbocycles. The van der Waals surface area contributed by atoms with Gasteiger partial charge in [0.2, 0.25) is 5.91 Å². The molecule has 2 atom stereocenters. The number of likely N-dealkylation sites (tertiary alicyclic amines) is 1. The monoisotopic (exact) mass is 527 g/mol. The molecule has 7 nitrogen and oxygen atoms in total. The fourth-order valence-corrected chi connectivity index (χ4v) is 5.63. The first-order chi connectivity index (χ1) is 18.3. The Bertz CT molecular complexity index is 1080. The second kappa shape index (κ2) is 14.3. The molecule has 2 aromatic carbocycles. The van der Waals surface area contributed by atoms with Gasteiger partial charge in [-0.1, -0.05) is 49.7 Å². The van der Waals surface area contributed by atoms with E-state index in [1.54, 1.807) is 12.1 Å². The Hall–Kier alpha value is -2.97. The Labute approximate surface area is 225 Å². The van der Waals surface area contributed by atoms with E-state index in [2.05, 4.69) is 17.6 Å². The molecular formula is C30H42FN3O4. The molecule has 0 radical (unpaired) electrons. The lowest BCUT2D eigenvalue weighted by Crippen LogP contribution is -2.48. The molecule has 1 aliphatic rings. The molecule has 0 saturated carbocycles. The van der Waals surface area contributed by atoms with E-state index >= 15 is 4.39 Å². The Morgan fingerprint density at radius 1 is 1.16 bits per heavy atom. The van der Waals surface area contributed by atoms with Crippen molar-refractivity contribution in [1.82, 2.24) is 15.5 Å². The third-order valence-electron chi connectivity index (χ3n) is 7.51. The third kappa shape index (κ3) is 7.54. The summed E-state index contributed by atoms with van der Waals surface area (Å²) in [6, 6.07) is 12.6. The summed E-state index contributed by atoms with van der Waals surface area (Å²) < 4.78 is 15.6. The Balaban J connectivity index is 1.99. The van der Waals surface area contributed by atoms with Crippen molar-refractivity contribution >= 4 is 12.0 Å². The number of carboxylic acid groups (broad SMARTS) is 1. The molecule has 1 fully saturated rings. The van der Waals surface area contributed by atoms with E-state index in [1.807, 2.05) is 36.2 Å². The van der Waals surface area contributed by atoms with E-state index < -0.39 is 17.5 Å². The van der Waals surface area contributed by atoms with Crippen LogP contribution in [0.5, 0.6) is 0 Å². The number of hydrogen-bond acceptors (Lipinski definition) is 4. The molecule has 8 heteroatoms. The summed E-state index contributed by atoms with van der Waals surface area (Å²) in [5, 5.41) is 26.9. The van der Waals surface area contributed by atoms with Crippen LogP contribution in [0.15, 0.2) is 42.5 Å². The number of aliphatic hydroxyl groups is 1. The molecule has 2 aromatic rings. The first kappa shape index (κ1) is 29.6. The normalized spacial score (nSPS) is 17.2. The van der Waals surface area contributed by atoms with Crippen LogP contribution < -0.4 is 10.6 Å². The van der Waals surface area contributed by atoms with E-state index in [0.717, 1.165) is 37.8 Å². The van der Waals surface area contributed by atoms with Gasteiger partial charge < -0.3 is 25.7 Å². The number of nitrogens with one attached hydrogen (secondary N) is 2. The van der Waals surface area contributed by atoms with Gasteiger partial charge in [-0.05, 0) is 74.9 Å². The van der Waals surface area contributed by atoms with Crippen molar-refractivity contribution in [2.75, 3.05) is 33.2 Å². The summed E-state index contributed by atoms with van der Waals surface area (Å²) in [4.78, 5) is 25.8. The fourth-order valence-electron chi connectivity index (χ4n) is 5.63. The van der Waals surface area contributed by atoms with Gasteiger partial charge in [-0.3, -0.25) is 4.79 Å². The molecule has 1 unspecified atom stereocenters. The number of aryl methyl sites for hydroxylation is 1. The topological polar surface area (TPSA) is 102 Å². The maximum absolute atomic E-state index is 15.6. The van der Waals surface area contributed by atoms with Crippen LogP contribution >= 0.6 is 0 Å². The highest BCUT2D eigenvalue weighted by Crippen LogP contribution is 2.44. The number of carbonyl (C=O) groups is 2. The van der Waals surface area contributed by atoms with Crippen LogP contribution in [-0.4, -0.2) is 60.3 Å². The molecule has 1 heterocycles. The van der Waals surface area contributed by atoms with Crippen molar-refractivity contribution in [2.24, 2.45) is 5.92 Å². The lowest BCUT2D eigenvalue weighted by molar-refractivity contribution is -0.136. The van der Waals surface area contributed by atoms with E-state index in [-0.39, 0.29) is 24.8 Å². The van der Waals surface area contributed by atoms with E-state index in [0.29, 0.717) is 49.0 Å². The molecule has 38 heavy (non-hydrogen) atoms. The first-order valence-electron chi connectivity index (χ1n) is 13.8. The minimum Gasteiger partial charge on any atom is -0.465 e. The molecule has 0 spiro atoms. The molecule has 208 valence electrons. The number of benzene rings is 2. The van der Waals surface area contributed by atoms with E-state index in [1.165, 1.54) is 6.07 Å². The third-order valence-corrected chi connectivity index (χ3v) is 7.51. The summed E-state index contributed by atoms with van der Waals surface area (Å²) in [5.41, 5.74) is 1.24. The molecule has 1 aliphatic heterocycles. The Kier molecular flexibility index (Phi) is 11.1. The van der Waals surface area contributed by atoms with Gasteiger partial charge in [-0.2, -0.15) is 0 Å². The molecule has 1 saturated heterocycles. The van der Waals surface area contributed by atoms with Gasteiger partial charge in [-0.25, -0.2) is 9.18 Å². The van der Waals surface area contributed by atoms with Gasteiger partial charge >= 0.3 is 6.09 Å². The largest absolute Gasteiger partial charge is 0.465 e. The maximum Gasteiger partial charge on any atom is 0.404 e. The minimum absolute atomic E-state index is 0.0616. The molecule has 4 N–H and O–H groups in total. The highest BCUT2D eigenvalue weighted by Gasteiger charge is 2.43. The fraction of sp³-hybridized carbons (Fsp3) is 0.533. The van der Waals surface area contributed by atoms with Crippen molar-refractivity contribution < 1.29 is 24.2 Å². The summed E-state index contributed by atoms with van der Waals surface area (Å²) in [6.45, 7) is 4.05. The number of piperidine rings is 1. The molecule has 0 bridgehead atoms. The average Bonchev–Trinajstić information content (AvgIpc) is 2.91. The van der Waals surface area contributed by atoms with Gasteiger partial charge in [0.05, 0.1) is 5.60 Å². The van der Waals surface area contributed by atoms with Crippen molar-refractivity contribution in [3.63, 3.8) is 0 Å². The van der Waals surface area contributed by atoms with Gasteiger partial charge in [-0.15, -0.1) is 0 Å². The molecule has 0 aromatic heterocycles. The second-order valence-corrected chi connectivity index (χ2v) is 10.3. The van der Waals surface area contributed by atoms with Crippen LogP contribution in [0, 0.1) is 11.7 Å². The number of nitrogens with zero attached hydrogens (tertiary/aromatic N) is 1. The van der Waals surface area contributed by atoms with Crippen LogP contribution in [0.1, 0.15) is 63.0 Å². The number of hydrogen-bond donors (Lipinski definition) is 4. The van der Waals surface area contributed by atoms with Crippen molar-refractivity contribution in [2.45, 2.75) is 63.9 Å². The summed E-state index contributed by atoms with van der Waals surface area (Å²) in [6.07, 6.45) is 3.94. The van der Waals surface area contributed by atoms with Crippen LogP contribution in [0.25, 0.3) is 11.1 Å². The summed E-state index contributed by atoms with van der Waals surface area (Å²) in [7, 11) is 1.86. The number of amides is 2. The average molecular weight is 528 g/mol. The van der Waals surface area contributed by atoms with Crippen LogP contribution in [-0.2, 0) is 16.8 Å². The molecule has 3 rings (SSSR count). The molecule has 2 amide bonds. The predicted molar refractivity (Wildman–Crippen MR) is 147 cm³/mol. The minimum atomic E-state index is -1.44. The Morgan fingerprint density at radius 3 is 2.68 bits per heavy atom. The lowest BCUT2D eigenvalue weighted by Gasteiger charge is -2.43. The number of halogens is 1. The van der Waals surface area contributed by atoms with Crippen LogP contribution in [0.4, 0.5) is 9.18 Å². The smallest absolute Gasteiger partial charge is 0.404 e. The van der Waals surface area contributed by atoms with Crippen molar-refractivity contribution in [3.8, 4) is 11.1 Å². The number of rotatable bonds is 13. The lowest BCUT2D eigenvalue weighted by atomic mass is 9.72. The molecular weight excluding hydrogens is 485 g/mol. The quantitative estimate of drug-likeness (QED) is 0.277. The zero-order valence-corrected chi connectivity index (χ0v) is 22.6. The second-order valence-electron chi connectivity index (χ2n) is 10.3. The Morgan fingerprint density at radius 2 is 1.95 bits per heavy atom. The maximum atomic E-state index is 15.6. The van der Waals surface area contributed by atoms with Gasteiger partial charge in [0.15, 0.2) is 0 Å². The van der Waals surface area contributed by atoms with E-state index in [4.69, 9.17) is 5.11 Å². The summed E-state index contributed by atoms with van der Waals surface area (Å²) >= 11 is 0. The SMILES string of the molecule is CCCc1cccc(-c2c(F)cccc2[C@](O)(CCCNC(=O)O)C2CCCN(C(=O)CCCNC)C2)c1. The highest BCUT2D eigenvalue weighted by atomic mass is 19.1. The number of carbonyl (C=O) groups excluding carboxylic acids is 1. The highest BCUT2D eigenvalue weighted by molar-refractivity contribution is 5.76. The van der Waals surface area contributed by atoms with Crippen molar-refractivity contribution in [3.05, 3.63) is 59.4 Å². The van der Waals surface area contributed by atoms with Gasteiger partial charge in [0.1, 0.15) is 5.82 Å². The van der Waals surface area contributed by atoms with Gasteiger partial charge in [0, 0.05) is 37.5 Å². The van der Waals surface area contributed by atoms with E-state index in [9.17, 15) is 14.7 Å². The first-order valence-corrected chi connectivity index (χ1v) is 13.8. The van der Waals surface area contributed by atoms with Crippen molar-refractivity contribution in [1.29, 1.82) is 0 Å². The standard InChI is InChI=1S/C30H42FN3O4/c1-3-9-22-10-4-11-23(20-22)28-25(13-5-14-26(28)31)30(38,16-8-18-33-29(36)37)24-12-7-19-34(21-24)27(35)15-6-17-32-2/h4-5,10-11,13-14,20,24,32-33,38H,3,6-9,12,15-19,21H2,1-2H3,(H,36,37)/t24?,30-/m0/s1. The van der Waals surface area contributed by atoms with Gasteiger partial charge in [0.25, 0.3) is 0 Å². The zero-order valence-electron chi connectivity index (χ0n) is 22.6.